The van der Waals surface area contributed by atoms with Gasteiger partial charge in [0.25, 0.3) is 0 Å². The van der Waals surface area contributed by atoms with Crippen molar-refractivity contribution in [2.45, 2.75) is 52.5 Å². The molecule has 1 aliphatic rings. The highest BCUT2D eigenvalue weighted by Crippen LogP contribution is 2.11. The Bertz CT molecular complexity index is 216. The third kappa shape index (κ3) is 4.52. The highest BCUT2D eigenvalue weighted by atomic mass is 16.1. The fourth-order valence-corrected chi connectivity index (χ4v) is 2.23. The van der Waals surface area contributed by atoms with Crippen LogP contribution in [0.3, 0.4) is 0 Å². The van der Waals surface area contributed by atoms with Gasteiger partial charge in [-0.25, -0.2) is 0 Å². The average molecular weight is 226 g/mol. The molecule has 0 aromatic heterocycles. The van der Waals surface area contributed by atoms with Gasteiger partial charge in [0.15, 0.2) is 0 Å². The maximum absolute atomic E-state index is 11.7. The smallest absolute Gasteiger partial charge is 0.222 e. The Morgan fingerprint density at radius 3 is 2.81 bits per heavy atom. The zero-order valence-electron chi connectivity index (χ0n) is 11.0. The lowest BCUT2D eigenvalue weighted by Crippen LogP contribution is -2.44. The maximum Gasteiger partial charge on any atom is 0.222 e. The molecule has 1 atom stereocenters. The predicted molar refractivity (Wildman–Crippen MR) is 67.4 cm³/mol. The second-order valence-corrected chi connectivity index (χ2v) is 5.16. The lowest BCUT2D eigenvalue weighted by molar-refractivity contribution is -0.124. The highest BCUT2D eigenvalue weighted by molar-refractivity contribution is 5.78. The molecule has 1 heterocycles. The number of hydrogen-bond acceptors (Lipinski definition) is 2. The zero-order valence-corrected chi connectivity index (χ0v) is 11.0. The van der Waals surface area contributed by atoms with E-state index in [-0.39, 0.29) is 11.8 Å². The zero-order chi connectivity index (χ0) is 12.0. The van der Waals surface area contributed by atoms with E-state index < -0.39 is 0 Å². The van der Waals surface area contributed by atoms with E-state index in [2.05, 4.69) is 17.1 Å². The molecule has 94 valence electrons. The summed E-state index contributed by atoms with van der Waals surface area (Å²) in [5, 5.41) is 3.17. The molecule has 1 amide bonds. The molecule has 0 spiro atoms. The maximum atomic E-state index is 11.7. The number of carbonyl (C=O) groups excluding carboxylic acids is 1. The van der Waals surface area contributed by atoms with Gasteiger partial charge in [0.2, 0.25) is 5.91 Å². The molecule has 0 aromatic rings. The summed E-state index contributed by atoms with van der Waals surface area (Å²) in [6.45, 7) is 9.51. The third-order valence-corrected chi connectivity index (χ3v) is 3.17. The Balaban J connectivity index is 2.42. The van der Waals surface area contributed by atoms with E-state index in [0.29, 0.717) is 6.04 Å². The van der Waals surface area contributed by atoms with Crippen molar-refractivity contribution in [1.29, 1.82) is 0 Å². The second kappa shape index (κ2) is 6.89. The number of nitrogens with one attached hydrogen (secondary N) is 1. The third-order valence-electron chi connectivity index (χ3n) is 3.17. The standard InChI is InChI=1S/C13H26N2O/c1-4-8-15-9-6-5-7-12(10-15)14-13(16)11(2)3/h11-12H,4-10H2,1-3H3,(H,14,16). The Labute approximate surface area is 99.6 Å². The topological polar surface area (TPSA) is 32.3 Å². The van der Waals surface area contributed by atoms with Gasteiger partial charge in [0, 0.05) is 18.5 Å². The lowest BCUT2D eigenvalue weighted by atomic mass is 10.1. The second-order valence-electron chi connectivity index (χ2n) is 5.16. The van der Waals surface area contributed by atoms with E-state index in [9.17, 15) is 4.79 Å². The summed E-state index contributed by atoms with van der Waals surface area (Å²) < 4.78 is 0. The Kier molecular flexibility index (Phi) is 5.81. The van der Waals surface area contributed by atoms with Gasteiger partial charge in [-0.05, 0) is 32.4 Å². The van der Waals surface area contributed by atoms with Crippen molar-refractivity contribution in [2.24, 2.45) is 5.92 Å². The van der Waals surface area contributed by atoms with Crippen molar-refractivity contribution in [3.05, 3.63) is 0 Å². The first-order chi connectivity index (χ1) is 7.63. The van der Waals surface area contributed by atoms with Crippen LogP contribution in [0.4, 0.5) is 0 Å². The van der Waals surface area contributed by atoms with Crippen LogP contribution in [0, 0.1) is 5.92 Å². The van der Waals surface area contributed by atoms with E-state index in [1.165, 1.54) is 25.8 Å². The Morgan fingerprint density at radius 1 is 1.44 bits per heavy atom. The van der Waals surface area contributed by atoms with Crippen molar-refractivity contribution < 1.29 is 4.79 Å². The normalized spacial score (nSPS) is 23.1. The van der Waals surface area contributed by atoms with Crippen LogP contribution in [0.25, 0.3) is 0 Å². The van der Waals surface area contributed by atoms with Crippen molar-refractivity contribution in [2.75, 3.05) is 19.6 Å². The van der Waals surface area contributed by atoms with E-state index >= 15 is 0 Å². The fraction of sp³-hybridized carbons (Fsp3) is 0.923. The molecule has 0 aliphatic carbocycles. The Hall–Kier alpha value is -0.570. The monoisotopic (exact) mass is 226 g/mol. The number of likely N-dealkylation sites (tertiary alicyclic amines) is 1. The number of amides is 1. The van der Waals surface area contributed by atoms with Gasteiger partial charge in [-0.3, -0.25) is 4.79 Å². The molecular formula is C13H26N2O. The molecular weight excluding hydrogens is 200 g/mol. The van der Waals surface area contributed by atoms with E-state index in [1.807, 2.05) is 13.8 Å². The summed E-state index contributed by atoms with van der Waals surface area (Å²) in [6.07, 6.45) is 4.85. The minimum atomic E-state index is 0.0999. The molecule has 3 nitrogen and oxygen atoms in total. The molecule has 0 saturated carbocycles. The minimum absolute atomic E-state index is 0.0999. The van der Waals surface area contributed by atoms with Gasteiger partial charge in [0.05, 0.1) is 0 Å². The van der Waals surface area contributed by atoms with E-state index in [1.54, 1.807) is 0 Å². The molecule has 1 fully saturated rings. The molecule has 1 unspecified atom stereocenters. The van der Waals surface area contributed by atoms with Crippen LogP contribution < -0.4 is 5.32 Å². The average Bonchev–Trinajstić information content (AvgIpc) is 2.44. The van der Waals surface area contributed by atoms with Gasteiger partial charge in [0.1, 0.15) is 0 Å². The summed E-state index contributed by atoms with van der Waals surface area (Å²) in [7, 11) is 0. The van der Waals surface area contributed by atoms with Gasteiger partial charge in [-0.1, -0.05) is 27.2 Å². The largest absolute Gasteiger partial charge is 0.352 e. The van der Waals surface area contributed by atoms with Crippen LogP contribution in [0.15, 0.2) is 0 Å². The summed E-state index contributed by atoms with van der Waals surface area (Å²) in [4.78, 5) is 14.1. The van der Waals surface area contributed by atoms with Gasteiger partial charge < -0.3 is 10.2 Å². The first-order valence-electron chi connectivity index (χ1n) is 6.66. The summed E-state index contributed by atoms with van der Waals surface area (Å²) >= 11 is 0. The van der Waals surface area contributed by atoms with Gasteiger partial charge in [-0.2, -0.15) is 0 Å². The lowest BCUT2D eigenvalue weighted by Gasteiger charge is -2.25. The molecule has 0 aromatic carbocycles. The fourth-order valence-electron chi connectivity index (χ4n) is 2.23. The summed E-state index contributed by atoms with van der Waals surface area (Å²) in [5.74, 6) is 0.297. The molecule has 1 saturated heterocycles. The van der Waals surface area contributed by atoms with Crippen LogP contribution in [-0.4, -0.2) is 36.5 Å². The summed E-state index contributed by atoms with van der Waals surface area (Å²) in [5.41, 5.74) is 0. The number of nitrogens with zero attached hydrogens (tertiary/aromatic N) is 1. The number of hydrogen-bond donors (Lipinski definition) is 1. The van der Waals surface area contributed by atoms with E-state index in [4.69, 9.17) is 0 Å². The molecule has 0 bridgehead atoms. The minimum Gasteiger partial charge on any atom is -0.352 e. The van der Waals surface area contributed by atoms with Crippen molar-refractivity contribution in [1.82, 2.24) is 10.2 Å². The summed E-state index contributed by atoms with van der Waals surface area (Å²) in [6, 6.07) is 0.365. The molecule has 1 N–H and O–H groups in total. The van der Waals surface area contributed by atoms with Crippen LogP contribution in [0.2, 0.25) is 0 Å². The first-order valence-corrected chi connectivity index (χ1v) is 6.66. The predicted octanol–water partition coefficient (Wildman–Crippen LogP) is 2.02. The van der Waals surface area contributed by atoms with Gasteiger partial charge >= 0.3 is 0 Å². The molecule has 0 radical (unpaired) electrons. The Morgan fingerprint density at radius 2 is 2.19 bits per heavy atom. The van der Waals surface area contributed by atoms with E-state index in [0.717, 1.165) is 19.5 Å². The molecule has 3 heteroatoms. The molecule has 16 heavy (non-hydrogen) atoms. The number of carbonyl (C=O) groups is 1. The SMILES string of the molecule is CCCN1CCCCC(NC(=O)C(C)C)C1. The first kappa shape index (κ1) is 13.5. The van der Waals surface area contributed by atoms with Crippen molar-refractivity contribution in [3.63, 3.8) is 0 Å². The quantitative estimate of drug-likeness (QED) is 0.795. The number of rotatable bonds is 4. The van der Waals surface area contributed by atoms with Crippen LogP contribution in [0.1, 0.15) is 46.5 Å². The van der Waals surface area contributed by atoms with Crippen LogP contribution >= 0.6 is 0 Å². The van der Waals surface area contributed by atoms with Crippen molar-refractivity contribution >= 4 is 5.91 Å². The van der Waals surface area contributed by atoms with Crippen LogP contribution in [-0.2, 0) is 4.79 Å². The highest BCUT2D eigenvalue weighted by Gasteiger charge is 2.20. The van der Waals surface area contributed by atoms with Crippen molar-refractivity contribution in [3.8, 4) is 0 Å². The van der Waals surface area contributed by atoms with Crippen LogP contribution in [0.5, 0.6) is 0 Å². The molecule has 1 rings (SSSR count). The molecule has 1 aliphatic heterocycles. The van der Waals surface area contributed by atoms with Gasteiger partial charge in [-0.15, -0.1) is 0 Å².